The van der Waals surface area contributed by atoms with Crippen LogP contribution in [0.25, 0.3) is 0 Å². The van der Waals surface area contributed by atoms with Crippen molar-refractivity contribution in [2.24, 2.45) is 0 Å². The van der Waals surface area contributed by atoms with E-state index in [0.29, 0.717) is 31.4 Å². The van der Waals surface area contributed by atoms with Crippen LogP contribution in [0.15, 0.2) is 4.52 Å². The van der Waals surface area contributed by atoms with Crippen molar-refractivity contribution in [2.75, 3.05) is 39.3 Å². The Bertz CT molecular complexity index is 450. The maximum Gasteiger partial charge on any atom is 0.240 e. The van der Waals surface area contributed by atoms with Crippen LogP contribution >= 0.6 is 0 Å². The molecule has 0 amide bonds. The molecule has 1 N–H and O–H groups in total. The van der Waals surface area contributed by atoms with E-state index < -0.39 is 5.60 Å². The summed E-state index contributed by atoms with van der Waals surface area (Å²) in [6, 6.07) is 0. The van der Waals surface area contributed by atoms with Gasteiger partial charge in [0.2, 0.25) is 5.89 Å². The van der Waals surface area contributed by atoms with Crippen LogP contribution in [-0.4, -0.2) is 70.0 Å². The van der Waals surface area contributed by atoms with E-state index in [-0.39, 0.29) is 6.10 Å². The smallest absolute Gasteiger partial charge is 0.240 e. The largest absolute Gasteiger partial charge is 0.389 e. The Kier molecular flexibility index (Phi) is 5.91. The van der Waals surface area contributed by atoms with Gasteiger partial charge in [0.25, 0.3) is 0 Å². The van der Waals surface area contributed by atoms with Gasteiger partial charge in [-0.2, -0.15) is 4.98 Å². The topological polar surface area (TPSA) is 74.9 Å². The number of piperazine rings is 1. The zero-order valence-electron chi connectivity index (χ0n) is 14.1. The first-order valence-electron chi connectivity index (χ1n) is 7.98. The molecule has 22 heavy (non-hydrogen) atoms. The number of β-amino-alcohol motifs (C(OH)–C–C–N with tert-alkyl or cyclic N) is 1. The number of aliphatic hydroxyl groups is 1. The Morgan fingerprint density at radius 2 is 1.91 bits per heavy atom. The standard InChI is InChI=1S/C15H28N4O3/c1-5-21-12(2)14-16-13(22-17-14)10-18-6-8-19(9-7-18)11-15(3,4)20/h12,20H,5-11H2,1-4H3. The number of ether oxygens (including phenoxy) is 1. The van der Waals surface area contributed by atoms with Crippen molar-refractivity contribution in [3.8, 4) is 0 Å². The van der Waals surface area contributed by atoms with Crippen molar-refractivity contribution < 1.29 is 14.4 Å². The van der Waals surface area contributed by atoms with Crippen LogP contribution in [0.4, 0.5) is 0 Å². The summed E-state index contributed by atoms with van der Waals surface area (Å²) >= 11 is 0. The van der Waals surface area contributed by atoms with Gasteiger partial charge >= 0.3 is 0 Å². The Balaban J connectivity index is 1.79. The van der Waals surface area contributed by atoms with Gasteiger partial charge in [0.05, 0.1) is 12.1 Å². The highest BCUT2D eigenvalue weighted by molar-refractivity contribution is 4.90. The molecule has 1 aromatic heterocycles. The highest BCUT2D eigenvalue weighted by atomic mass is 16.5. The van der Waals surface area contributed by atoms with E-state index in [4.69, 9.17) is 9.26 Å². The average molecular weight is 312 g/mol. The third kappa shape index (κ3) is 5.31. The Hall–Kier alpha value is -1.02. The summed E-state index contributed by atoms with van der Waals surface area (Å²) < 4.78 is 10.8. The summed E-state index contributed by atoms with van der Waals surface area (Å²) in [6.45, 7) is 13.3. The van der Waals surface area contributed by atoms with E-state index in [0.717, 1.165) is 26.2 Å². The molecule has 2 heterocycles. The highest BCUT2D eigenvalue weighted by Crippen LogP contribution is 2.15. The number of hydrogen-bond donors (Lipinski definition) is 1. The van der Waals surface area contributed by atoms with Gasteiger partial charge in [-0.3, -0.25) is 9.80 Å². The first kappa shape index (κ1) is 17.3. The van der Waals surface area contributed by atoms with Gasteiger partial charge in [-0.15, -0.1) is 0 Å². The molecule has 1 aliphatic rings. The molecule has 1 aromatic rings. The second-order valence-electron chi connectivity index (χ2n) is 6.51. The zero-order chi connectivity index (χ0) is 16.2. The normalized spacial score (nSPS) is 19.5. The molecule has 0 bridgehead atoms. The van der Waals surface area contributed by atoms with Crippen LogP contribution in [0.5, 0.6) is 0 Å². The lowest BCUT2D eigenvalue weighted by molar-refractivity contribution is 0.0153. The van der Waals surface area contributed by atoms with Gasteiger partial charge in [0.15, 0.2) is 5.82 Å². The molecule has 7 heteroatoms. The van der Waals surface area contributed by atoms with Gasteiger partial charge in [0.1, 0.15) is 6.10 Å². The molecule has 7 nitrogen and oxygen atoms in total. The molecular weight excluding hydrogens is 284 g/mol. The number of hydrogen-bond acceptors (Lipinski definition) is 7. The van der Waals surface area contributed by atoms with Gasteiger partial charge in [-0.05, 0) is 27.7 Å². The minimum atomic E-state index is -0.640. The second-order valence-corrected chi connectivity index (χ2v) is 6.51. The molecule has 1 fully saturated rings. The second kappa shape index (κ2) is 7.50. The van der Waals surface area contributed by atoms with Crippen molar-refractivity contribution in [1.82, 2.24) is 19.9 Å². The lowest BCUT2D eigenvalue weighted by Gasteiger charge is -2.36. The van der Waals surface area contributed by atoms with Gasteiger partial charge < -0.3 is 14.4 Å². The quantitative estimate of drug-likeness (QED) is 0.806. The Morgan fingerprint density at radius 1 is 1.27 bits per heavy atom. The van der Waals surface area contributed by atoms with Crippen molar-refractivity contribution >= 4 is 0 Å². The molecule has 2 rings (SSSR count). The predicted octanol–water partition coefficient (Wildman–Crippen LogP) is 1.06. The monoisotopic (exact) mass is 312 g/mol. The van der Waals surface area contributed by atoms with E-state index in [9.17, 15) is 5.11 Å². The van der Waals surface area contributed by atoms with Crippen LogP contribution in [0.3, 0.4) is 0 Å². The average Bonchev–Trinajstić information content (AvgIpc) is 2.88. The summed E-state index contributed by atoms with van der Waals surface area (Å²) in [5.41, 5.74) is -0.640. The zero-order valence-corrected chi connectivity index (χ0v) is 14.1. The number of aromatic nitrogens is 2. The fraction of sp³-hybridized carbons (Fsp3) is 0.867. The molecular formula is C15H28N4O3. The summed E-state index contributed by atoms with van der Waals surface area (Å²) in [5, 5.41) is 13.9. The molecule has 0 aromatic carbocycles. The van der Waals surface area contributed by atoms with Crippen molar-refractivity contribution in [3.05, 3.63) is 11.7 Å². The Labute approximate surface area is 132 Å². The Morgan fingerprint density at radius 3 is 2.50 bits per heavy atom. The first-order valence-corrected chi connectivity index (χ1v) is 7.98. The molecule has 0 saturated carbocycles. The van der Waals surface area contributed by atoms with E-state index >= 15 is 0 Å². The van der Waals surface area contributed by atoms with E-state index in [1.54, 1.807) is 0 Å². The fourth-order valence-corrected chi connectivity index (χ4v) is 2.67. The maximum atomic E-state index is 9.87. The molecule has 1 aliphatic heterocycles. The first-order chi connectivity index (χ1) is 10.4. The molecule has 126 valence electrons. The van der Waals surface area contributed by atoms with E-state index in [2.05, 4.69) is 19.9 Å². The molecule has 1 unspecified atom stereocenters. The number of rotatable bonds is 7. The van der Waals surface area contributed by atoms with Gasteiger partial charge in [-0.25, -0.2) is 0 Å². The summed E-state index contributed by atoms with van der Waals surface area (Å²) in [7, 11) is 0. The lowest BCUT2D eigenvalue weighted by Crippen LogP contribution is -2.50. The van der Waals surface area contributed by atoms with Gasteiger partial charge in [-0.1, -0.05) is 5.16 Å². The van der Waals surface area contributed by atoms with Gasteiger partial charge in [0, 0.05) is 39.3 Å². The molecule has 1 saturated heterocycles. The van der Waals surface area contributed by atoms with E-state index in [1.165, 1.54) is 0 Å². The van der Waals surface area contributed by atoms with Crippen LogP contribution in [0.2, 0.25) is 0 Å². The summed E-state index contributed by atoms with van der Waals surface area (Å²) in [4.78, 5) is 8.98. The minimum Gasteiger partial charge on any atom is -0.389 e. The molecule has 1 atom stereocenters. The summed E-state index contributed by atoms with van der Waals surface area (Å²) in [5.74, 6) is 1.25. The third-order valence-corrected chi connectivity index (χ3v) is 3.70. The minimum absolute atomic E-state index is 0.133. The fourth-order valence-electron chi connectivity index (χ4n) is 2.67. The van der Waals surface area contributed by atoms with Crippen LogP contribution < -0.4 is 0 Å². The predicted molar refractivity (Wildman–Crippen MR) is 82.4 cm³/mol. The van der Waals surface area contributed by atoms with Crippen LogP contribution in [-0.2, 0) is 11.3 Å². The number of nitrogens with zero attached hydrogens (tertiary/aromatic N) is 4. The van der Waals surface area contributed by atoms with Crippen molar-refractivity contribution in [2.45, 2.75) is 45.9 Å². The SMILES string of the molecule is CCOC(C)c1noc(CN2CCN(CC(C)(C)O)CC2)n1. The van der Waals surface area contributed by atoms with Crippen LogP contribution in [0.1, 0.15) is 45.5 Å². The molecule has 0 spiro atoms. The summed E-state index contributed by atoms with van der Waals surface area (Å²) in [6.07, 6.45) is -0.133. The highest BCUT2D eigenvalue weighted by Gasteiger charge is 2.24. The van der Waals surface area contributed by atoms with Crippen molar-refractivity contribution in [3.63, 3.8) is 0 Å². The van der Waals surface area contributed by atoms with Crippen molar-refractivity contribution in [1.29, 1.82) is 0 Å². The maximum absolute atomic E-state index is 9.87. The van der Waals surface area contributed by atoms with Crippen LogP contribution in [0, 0.1) is 0 Å². The lowest BCUT2D eigenvalue weighted by atomic mass is 10.1. The molecule has 0 radical (unpaired) electrons. The third-order valence-electron chi connectivity index (χ3n) is 3.70. The molecule has 0 aliphatic carbocycles. The van der Waals surface area contributed by atoms with E-state index in [1.807, 2.05) is 27.7 Å².